The van der Waals surface area contributed by atoms with Crippen molar-refractivity contribution in [3.8, 4) is 0 Å². The SMILES string of the molecule is CC(N)CC(C)S(=O)(=O)C1CCCC(C)C1. The van der Waals surface area contributed by atoms with E-state index in [0.717, 1.165) is 19.3 Å². The summed E-state index contributed by atoms with van der Waals surface area (Å²) in [5.41, 5.74) is 5.68. The third-order valence-corrected chi connectivity index (χ3v) is 6.29. The molecule has 4 atom stereocenters. The minimum absolute atomic E-state index is 0.0363. The van der Waals surface area contributed by atoms with Crippen LogP contribution in [-0.2, 0) is 9.84 Å². The summed E-state index contributed by atoms with van der Waals surface area (Å²) in [4.78, 5) is 0. The largest absolute Gasteiger partial charge is 0.328 e. The lowest BCUT2D eigenvalue weighted by Gasteiger charge is -2.29. The van der Waals surface area contributed by atoms with E-state index >= 15 is 0 Å². The summed E-state index contributed by atoms with van der Waals surface area (Å²) in [5.74, 6) is 0.552. The van der Waals surface area contributed by atoms with Crippen molar-refractivity contribution >= 4 is 9.84 Å². The Morgan fingerprint density at radius 3 is 2.44 bits per heavy atom. The molecule has 3 nitrogen and oxygen atoms in total. The molecule has 96 valence electrons. The Morgan fingerprint density at radius 2 is 1.94 bits per heavy atom. The van der Waals surface area contributed by atoms with Crippen molar-refractivity contribution in [2.45, 2.75) is 69.4 Å². The zero-order valence-corrected chi connectivity index (χ0v) is 11.5. The molecular formula is C12H25NO2S. The lowest BCUT2D eigenvalue weighted by atomic mass is 9.91. The molecule has 0 aliphatic heterocycles. The van der Waals surface area contributed by atoms with Gasteiger partial charge in [-0.3, -0.25) is 0 Å². The molecule has 16 heavy (non-hydrogen) atoms. The van der Waals surface area contributed by atoms with Crippen LogP contribution in [0.4, 0.5) is 0 Å². The molecule has 1 rings (SSSR count). The molecule has 0 spiro atoms. The van der Waals surface area contributed by atoms with Crippen LogP contribution < -0.4 is 5.73 Å². The minimum atomic E-state index is -2.97. The highest BCUT2D eigenvalue weighted by atomic mass is 32.2. The molecular weight excluding hydrogens is 222 g/mol. The highest BCUT2D eigenvalue weighted by Gasteiger charge is 2.34. The highest BCUT2D eigenvalue weighted by Crippen LogP contribution is 2.31. The zero-order chi connectivity index (χ0) is 12.3. The number of hydrogen-bond donors (Lipinski definition) is 1. The molecule has 0 bridgehead atoms. The van der Waals surface area contributed by atoms with Gasteiger partial charge in [-0.25, -0.2) is 8.42 Å². The van der Waals surface area contributed by atoms with Gasteiger partial charge in [0.2, 0.25) is 0 Å². The first-order chi connectivity index (χ1) is 7.34. The summed E-state index contributed by atoms with van der Waals surface area (Å²) in [7, 11) is -2.97. The second kappa shape index (κ2) is 5.50. The van der Waals surface area contributed by atoms with Gasteiger partial charge in [0, 0.05) is 6.04 Å². The quantitative estimate of drug-likeness (QED) is 0.827. The number of hydrogen-bond acceptors (Lipinski definition) is 3. The molecule has 0 saturated heterocycles. The fourth-order valence-corrected chi connectivity index (χ4v) is 4.98. The normalized spacial score (nSPS) is 31.0. The van der Waals surface area contributed by atoms with E-state index in [4.69, 9.17) is 5.73 Å². The molecule has 1 aliphatic rings. The van der Waals surface area contributed by atoms with Gasteiger partial charge in [0.1, 0.15) is 0 Å². The van der Waals surface area contributed by atoms with Crippen molar-refractivity contribution < 1.29 is 8.42 Å². The van der Waals surface area contributed by atoms with Crippen LogP contribution >= 0.6 is 0 Å². The van der Waals surface area contributed by atoms with Crippen molar-refractivity contribution in [2.24, 2.45) is 11.7 Å². The lowest BCUT2D eigenvalue weighted by Crippen LogP contribution is -2.36. The van der Waals surface area contributed by atoms with Crippen LogP contribution in [0.15, 0.2) is 0 Å². The van der Waals surface area contributed by atoms with Gasteiger partial charge >= 0.3 is 0 Å². The topological polar surface area (TPSA) is 60.2 Å². The van der Waals surface area contributed by atoms with E-state index in [1.54, 1.807) is 6.92 Å². The van der Waals surface area contributed by atoms with Crippen LogP contribution in [0.5, 0.6) is 0 Å². The molecule has 0 radical (unpaired) electrons. The summed E-state index contributed by atoms with van der Waals surface area (Å²) < 4.78 is 24.6. The van der Waals surface area contributed by atoms with Crippen molar-refractivity contribution in [1.29, 1.82) is 0 Å². The fourth-order valence-electron chi connectivity index (χ4n) is 2.66. The van der Waals surface area contributed by atoms with Crippen LogP contribution in [0.2, 0.25) is 0 Å². The number of sulfone groups is 1. The molecule has 0 aromatic rings. The van der Waals surface area contributed by atoms with Crippen LogP contribution in [-0.4, -0.2) is 25.0 Å². The maximum Gasteiger partial charge on any atom is 0.155 e. The van der Waals surface area contributed by atoms with Crippen LogP contribution in [0.1, 0.15) is 52.9 Å². The van der Waals surface area contributed by atoms with E-state index in [2.05, 4.69) is 6.92 Å². The highest BCUT2D eigenvalue weighted by molar-refractivity contribution is 7.92. The Bertz CT molecular complexity index is 311. The summed E-state index contributed by atoms with van der Waals surface area (Å²) in [6, 6.07) is -0.0363. The van der Waals surface area contributed by atoms with E-state index in [1.807, 2.05) is 6.92 Å². The predicted octanol–water partition coefficient (Wildman–Crippen LogP) is 2.11. The first-order valence-electron chi connectivity index (χ1n) is 6.32. The number of nitrogens with two attached hydrogens (primary N) is 1. The van der Waals surface area contributed by atoms with E-state index in [0.29, 0.717) is 12.3 Å². The van der Waals surface area contributed by atoms with Gasteiger partial charge in [0.05, 0.1) is 10.5 Å². The summed E-state index contributed by atoms with van der Waals surface area (Å²) in [5, 5.41) is -0.409. The average Bonchev–Trinajstić information content (AvgIpc) is 2.16. The Hall–Kier alpha value is -0.0900. The lowest BCUT2D eigenvalue weighted by molar-refractivity contribution is 0.379. The standard InChI is InChI=1S/C12H25NO2S/c1-9-5-4-6-12(7-9)16(14,15)11(3)8-10(2)13/h9-12H,4-8,13H2,1-3H3. The molecule has 2 N–H and O–H groups in total. The summed E-state index contributed by atoms with van der Waals surface area (Å²) in [6.07, 6.45) is 4.48. The Labute approximate surface area is 99.7 Å². The second-order valence-corrected chi connectivity index (χ2v) is 8.16. The third-order valence-electron chi connectivity index (χ3n) is 3.62. The maximum absolute atomic E-state index is 12.3. The minimum Gasteiger partial charge on any atom is -0.328 e. The van der Waals surface area contributed by atoms with Gasteiger partial charge in [-0.2, -0.15) is 0 Å². The molecule has 1 saturated carbocycles. The van der Waals surface area contributed by atoms with E-state index in [1.165, 1.54) is 6.42 Å². The molecule has 0 amide bonds. The van der Waals surface area contributed by atoms with Crippen molar-refractivity contribution in [3.63, 3.8) is 0 Å². The van der Waals surface area contributed by atoms with Gasteiger partial charge in [0.15, 0.2) is 9.84 Å². The van der Waals surface area contributed by atoms with Gasteiger partial charge in [-0.15, -0.1) is 0 Å². The van der Waals surface area contributed by atoms with Gasteiger partial charge in [-0.05, 0) is 39.0 Å². The summed E-state index contributed by atoms with van der Waals surface area (Å²) in [6.45, 7) is 5.82. The van der Waals surface area contributed by atoms with E-state index < -0.39 is 9.84 Å². The van der Waals surface area contributed by atoms with Gasteiger partial charge in [0.25, 0.3) is 0 Å². The molecule has 0 heterocycles. The number of rotatable bonds is 4. The Morgan fingerprint density at radius 1 is 1.31 bits per heavy atom. The molecule has 1 aliphatic carbocycles. The maximum atomic E-state index is 12.3. The smallest absolute Gasteiger partial charge is 0.155 e. The monoisotopic (exact) mass is 247 g/mol. The van der Waals surface area contributed by atoms with Gasteiger partial charge < -0.3 is 5.73 Å². The molecule has 0 aromatic carbocycles. The van der Waals surface area contributed by atoms with Crippen molar-refractivity contribution in [3.05, 3.63) is 0 Å². The van der Waals surface area contributed by atoms with Crippen molar-refractivity contribution in [1.82, 2.24) is 0 Å². The Kier molecular flexibility index (Phi) is 4.80. The molecule has 1 fully saturated rings. The third kappa shape index (κ3) is 3.45. The van der Waals surface area contributed by atoms with Gasteiger partial charge in [-0.1, -0.05) is 19.8 Å². The first kappa shape index (κ1) is 14.0. The molecule has 4 unspecified atom stereocenters. The predicted molar refractivity (Wildman–Crippen MR) is 68.1 cm³/mol. The van der Waals surface area contributed by atoms with Crippen LogP contribution in [0, 0.1) is 5.92 Å². The van der Waals surface area contributed by atoms with E-state index in [-0.39, 0.29) is 16.5 Å². The van der Waals surface area contributed by atoms with Crippen molar-refractivity contribution in [2.75, 3.05) is 0 Å². The molecule has 4 heteroatoms. The van der Waals surface area contributed by atoms with Crippen LogP contribution in [0.3, 0.4) is 0 Å². The molecule has 0 aromatic heterocycles. The van der Waals surface area contributed by atoms with Crippen LogP contribution in [0.25, 0.3) is 0 Å². The zero-order valence-electron chi connectivity index (χ0n) is 10.6. The first-order valence-corrected chi connectivity index (χ1v) is 7.93. The average molecular weight is 247 g/mol. The summed E-state index contributed by atoms with van der Waals surface area (Å²) >= 11 is 0. The van der Waals surface area contributed by atoms with E-state index in [9.17, 15) is 8.42 Å². The Balaban J connectivity index is 2.68. The fraction of sp³-hybridized carbons (Fsp3) is 1.00. The second-order valence-electron chi connectivity index (χ2n) is 5.51.